The molecule has 1 aliphatic heterocycles. The van der Waals surface area contributed by atoms with Gasteiger partial charge in [0, 0.05) is 12.7 Å². The van der Waals surface area contributed by atoms with Crippen LogP contribution in [-0.2, 0) is 6.42 Å². The smallest absolute Gasteiger partial charge is 0.278 e. The standard InChI is InChI=1S/C13H10BrN5OS/c14-12-17-19-7-9(16-13(19)21-12)11(20)18-6-2-3-8-10(18)4-1-5-15-8/h1,4-5,7H,2-3,6H2. The summed E-state index contributed by atoms with van der Waals surface area (Å²) in [6, 6.07) is 3.79. The summed E-state index contributed by atoms with van der Waals surface area (Å²) in [5.74, 6) is -0.0993. The van der Waals surface area contributed by atoms with Gasteiger partial charge in [-0.3, -0.25) is 9.78 Å². The van der Waals surface area contributed by atoms with E-state index in [1.807, 2.05) is 12.1 Å². The second-order valence-corrected chi connectivity index (χ2v) is 6.97. The Morgan fingerprint density at radius 2 is 2.33 bits per heavy atom. The number of hydrogen-bond acceptors (Lipinski definition) is 5. The number of nitrogens with zero attached hydrogens (tertiary/aromatic N) is 5. The summed E-state index contributed by atoms with van der Waals surface area (Å²) in [4.78, 5) is 23.9. The molecule has 0 saturated heterocycles. The number of aromatic nitrogens is 4. The summed E-state index contributed by atoms with van der Waals surface area (Å²) in [5, 5.41) is 4.21. The summed E-state index contributed by atoms with van der Waals surface area (Å²) in [7, 11) is 0. The first-order valence-corrected chi connectivity index (χ1v) is 8.11. The van der Waals surface area contributed by atoms with E-state index in [1.54, 1.807) is 21.8 Å². The lowest BCUT2D eigenvalue weighted by Gasteiger charge is -2.27. The molecule has 106 valence electrons. The van der Waals surface area contributed by atoms with E-state index in [0.717, 1.165) is 28.1 Å². The molecule has 0 unspecified atom stereocenters. The molecule has 0 spiro atoms. The Hall–Kier alpha value is -1.80. The molecule has 0 atom stereocenters. The third kappa shape index (κ3) is 2.14. The number of anilines is 1. The Morgan fingerprint density at radius 3 is 3.19 bits per heavy atom. The quantitative estimate of drug-likeness (QED) is 0.666. The van der Waals surface area contributed by atoms with Crippen molar-refractivity contribution in [3.63, 3.8) is 0 Å². The average molecular weight is 364 g/mol. The number of carbonyl (C=O) groups excluding carboxylic acids is 1. The predicted octanol–water partition coefficient (Wildman–Crippen LogP) is 2.54. The third-order valence-corrected chi connectivity index (χ3v) is 4.79. The molecule has 0 radical (unpaired) electrons. The topological polar surface area (TPSA) is 63.4 Å². The van der Waals surface area contributed by atoms with Crippen molar-refractivity contribution in [2.75, 3.05) is 11.4 Å². The first-order chi connectivity index (χ1) is 10.2. The molecule has 0 bridgehead atoms. The maximum Gasteiger partial charge on any atom is 0.278 e. The largest absolute Gasteiger partial charge is 0.305 e. The van der Waals surface area contributed by atoms with E-state index < -0.39 is 0 Å². The molecule has 0 aromatic carbocycles. The van der Waals surface area contributed by atoms with Crippen molar-refractivity contribution in [2.45, 2.75) is 12.8 Å². The van der Waals surface area contributed by atoms with Gasteiger partial charge in [-0.15, -0.1) is 5.10 Å². The highest BCUT2D eigenvalue weighted by Crippen LogP contribution is 2.27. The number of rotatable bonds is 1. The summed E-state index contributed by atoms with van der Waals surface area (Å²) < 4.78 is 2.37. The number of halogens is 1. The van der Waals surface area contributed by atoms with Gasteiger partial charge in [-0.05, 0) is 40.9 Å². The minimum absolute atomic E-state index is 0.0993. The maximum absolute atomic E-state index is 12.7. The molecule has 21 heavy (non-hydrogen) atoms. The summed E-state index contributed by atoms with van der Waals surface area (Å²) >= 11 is 4.70. The van der Waals surface area contributed by atoms with Crippen LogP contribution in [0.5, 0.6) is 0 Å². The predicted molar refractivity (Wildman–Crippen MR) is 82.8 cm³/mol. The Kier molecular flexibility index (Phi) is 3.00. The van der Waals surface area contributed by atoms with E-state index in [0.29, 0.717) is 17.2 Å². The van der Waals surface area contributed by atoms with Gasteiger partial charge in [0.05, 0.1) is 17.6 Å². The Labute approximate surface area is 132 Å². The van der Waals surface area contributed by atoms with Gasteiger partial charge in [0.25, 0.3) is 5.91 Å². The van der Waals surface area contributed by atoms with Gasteiger partial charge in [0.1, 0.15) is 5.69 Å². The van der Waals surface area contributed by atoms with Crippen molar-refractivity contribution in [1.82, 2.24) is 19.6 Å². The van der Waals surface area contributed by atoms with Crippen LogP contribution in [0.1, 0.15) is 22.6 Å². The number of pyridine rings is 1. The number of imidazole rings is 1. The third-order valence-electron chi connectivity index (χ3n) is 3.44. The SMILES string of the molecule is O=C(c1cn2nc(Br)sc2n1)N1CCCc2ncccc21. The Bertz CT molecular complexity index is 811. The van der Waals surface area contributed by atoms with Crippen molar-refractivity contribution in [1.29, 1.82) is 0 Å². The highest BCUT2D eigenvalue weighted by Gasteiger charge is 2.26. The number of hydrogen-bond donors (Lipinski definition) is 0. The van der Waals surface area contributed by atoms with Gasteiger partial charge in [-0.2, -0.15) is 0 Å². The average Bonchev–Trinajstić information content (AvgIpc) is 3.03. The zero-order chi connectivity index (χ0) is 14.4. The first kappa shape index (κ1) is 12.9. The van der Waals surface area contributed by atoms with Crippen LogP contribution in [0.3, 0.4) is 0 Å². The van der Waals surface area contributed by atoms with Gasteiger partial charge >= 0.3 is 0 Å². The lowest BCUT2D eigenvalue weighted by molar-refractivity contribution is 0.0980. The Morgan fingerprint density at radius 1 is 1.43 bits per heavy atom. The minimum atomic E-state index is -0.0993. The highest BCUT2D eigenvalue weighted by molar-refractivity contribution is 9.11. The van der Waals surface area contributed by atoms with Crippen molar-refractivity contribution in [2.24, 2.45) is 0 Å². The fourth-order valence-corrected chi connectivity index (χ4v) is 3.74. The van der Waals surface area contributed by atoms with Gasteiger partial charge < -0.3 is 4.90 Å². The molecular weight excluding hydrogens is 354 g/mol. The first-order valence-electron chi connectivity index (χ1n) is 6.50. The van der Waals surface area contributed by atoms with Crippen LogP contribution in [-0.4, -0.2) is 32.0 Å². The Balaban J connectivity index is 1.73. The molecule has 1 aliphatic rings. The molecule has 0 saturated carbocycles. The van der Waals surface area contributed by atoms with Gasteiger partial charge in [0.15, 0.2) is 3.92 Å². The van der Waals surface area contributed by atoms with Crippen molar-refractivity contribution >= 4 is 43.8 Å². The highest BCUT2D eigenvalue weighted by atomic mass is 79.9. The van der Waals surface area contributed by atoms with Crippen LogP contribution in [0.2, 0.25) is 0 Å². The van der Waals surface area contributed by atoms with E-state index in [-0.39, 0.29) is 5.91 Å². The normalized spacial score (nSPS) is 14.4. The maximum atomic E-state index is 12.7. The molecular formula is C13H10BrN5OS. The molecule has 1 amide bonds. The number of fused-ring (bicyclic) bond motifs is 2. The molecule has 6 nitrogen and oxygen atoms in total. The number of carbonyl (C=O) groups is 1. The van der Waals surface area contributed by atoms with E-state index in [2.05, 4.69) is 31.0 Å². The summed E-state index contributed by atoms with van der Waals surface area (Å²) in [5.41, 5.74) is 2.27. The second kappa shape index (κ2) is 4.88. The molecule has 0 aliphatic carbocycles. The minimum Gasteiger partial charge on any atom is -0.305 e. The number of amides is 1. The molecule has 4 rings (SSSR count). The van der Waals surface area contributed by atoms with Crippen LogP contribution in [0.25, 0.3) is 4.96 Å². The molecule has 3 aromatic rings. The van der Waals surface area contributed by atoms with E-state index in [4.69, 9.17) is 0 Å². The van der Waals surface area contributed by atoms with Gasteiger partial charge in [-0.1, -0.05) is 11.3 Å². The number of aryl methyl sites for hydroxylation is 1. The van der Waals surface area contributed by atoms with Crippen LogP contribution in [0.15, 0.2) is 28.4 Å². The molecule has 3 aromatic heterocycles. The van der Waals surface area contributed by atoms with E-state index >= 15 is 0 Å². The zero-order valence-corrected chi connectivity index (χ0v) is 13.3. The lowest BCUT2D eigenvalue weighted by atomic mass is 10.1. The van der Waals surface area contributed by atoms with E-state index in [9.17, 15) is 4.79 Å². The van der Waals surface area contributed by atoms with Crippen molar-refractivity contribution in [3.8, 4) is 0 Å². The molecule has 8 heteroatoms. The van der Waals surface area contributed by atoms with Crippen molar-refractivity contribution in [3.05, 3.63) is 39.8 Å². The van der Waals surface area contributed by atoms with Crippen LogP contribution < -0.4 is 4.90 Å². The van der Waals surface area contributed by atoms with Crippen LogP contribution in [0, 0.1) is 0 Å². The monoisotopic (exact) mass is 363 g/mol. The lowest BCUT2D eigenvalue weighted by Crippen LogP contribution is -2.36. The fraction of sp³-hybridized carbons (Fsp3) is 0.231. The zero-order valence-electron chi connectivity index (χ0n) is 10.9. The molecule has 0 fully saturated rings. The summed E-state index contributed by atoms with van der Waals surface area (Å²) in [6.45, 7) is 0.694. The molecule has 0 N–H and O–H groups in total. The van der Waals surface area contributed by atoms with Crippen LogP contribution in [0.4, 0.5) is 5.69 Å². The van der Waals surface area contributed by atoms with Crippen molar-refractivity contribution < 1.29 is 4.79 Å². The van der Waals surface area contributed by atoms with Gasteiger partial charge in [-0.25, -0.2) is 9.50 Å². The second-order valence-electron chi connectivity index (χ2n) is 4.74. The molecule has 4 heterocycles. The van der Waals surface area contributed by atoms with E-state index in [1.165, 1.54) is 11.3 Å². The van der Waals surface area contributed by atoms with Crippen LogP contribution >= 0.6 is 27.3 Å². The fourth-order valence-electron chi connectivity index (χ4n) is 2.52. The summed E-state index contributed by atoms with van der Waals surface area (Å²) in [6.07, 6.45) is 5.26. The van der Waals surface area contributed by atoms with Gasteiger partial charge in [0.2, 0.25) is 4.96 Å².